The molecule has 2 N–H and O–H groups in total. The third-order valence-corrected chi connectivity index (χ3v) is 3.36. The summed E-state index contributed by atoms with van der Waals surface area (Å²) >= 11 is 0. The lowest BCUT2D eigenvalue weighted by Gasteiger charge is -2.11. The predicted octanol–water partition coefficient (Wildman–Crippen LogP) is 3.66. The number of benzene rings is 2. The maximum atomic E-state index is 9.57. The molecule has 0 aliphatic carbocycles. The molecule has 3 heteroatoms. The third kappa shape index (κ3) is 1.88. The van der Waals surface area contributed by atoms with Crippen molar-refractivity contribution in [2.45, 2.75) is 6.92 Å². The monoisotopic (exact) mass is 259 g/mol. The van der Waals surface area contributed by atoms with Crippen LogP contribution >= 0.6 is 0 Å². The average Bonchev–Trinajstić information content (AvgIpc) is 2.47. The van der Waals surface area contributed by atoms with Crippen molar-refractivity contribution < 1.29 is 0 Å². The van der Waals surface area contributed by atoms with Gasteiger partial charge in [-0.15, -0.1) is 0 Å². The highest BCUT2D eigenvalue weighted by atomic mass is 14.7. The number of anilines is 1. The van der Waals surface area contributed by atoms with Gasteiger partial charge in [-0.3, -0.25) is 4.98 Å². The van der Waals surface area contributed by atoms with Crippen LogP contribution in [0.5, 0.6) is 0 Å². The van der Waals surface area contributed by atoms with E-state index in [0.717, 1.165) is 27.7 Å². The van der Waals surface area contributed by atoms with E-state index in [0.29, 0.717) is 11.3 Å². The first-order valence-electron chi connectivity index (χ1n) is 6.36. The number of aromatic nitrogens is 1. The van der Waals surface area contributed by atoms with E-state index >= 15 is 0 Å². The van der Waals surface area contributed by atoms with Crippen molar-refractivity contribution in [1.82, 2.24) is 4.98 Å². The molecule has 0 amide bonds. The van der Waals surface area contributed by atoms with Crippen LogP contribution < -0.4 is 5.73 Å². The molecule has 0 saturated carbocycles. The Kier molecular flexibility index (Phi) is 2.85. The summed E-state index contributed by atoms with van der Waals surface area (Å²) in [4.78, 5) is 4.60. The molecular weight excluding hydrogens is 246 g/mol. The molecule has 20 heavy (non-hydrogen) atoms. The maximum Gasteiger partial charge on any atom is 0.101 e. The molecule has 3 rings (SSSR count). The van der Waals surface area contributed by atoms with E-state index in [4.69, 9.17) is 5.73 Å². The maximum absolute atomic E-state index is 9.57. The van der Waals surface area contributed by atoms with Gasteiger partial charge in [0.2, 0.25) is 0 Å². The van der Waals surface area contributed by atoms with Gasteiger partial charge in [0, 0.05) is 22.3 Å². The molecule has 0 atom stereocenters. The molecule has 2 aromatic carbocycles. The summed E-state index contributed by atoms with van der Waals surface area (Å²) in [6, 6.07) is 17.6. The van der Waals surface area contributed by atoms with Gasteiger partial charge in [-0.2, -0.15) is 5.26 Å². The van der Waals surface area contributed by atoms with E-state index < -0.39 is 0 Å². The smallest absolute Gasteiger partial charge is 0.101 e. The number of nitrogen functional groups attached to an aromatic ring is 1. The normalized spacial score (nSPS) is 10.4. The summed E-state index contributed by atoms with van der Waals surface area (Å²) in [6.07, 6.45) is 0. The Morgan fingerprint density at radius 2 is 1.85 bits per heavy atom. The second-order valence-electron chi connectivity index (χ2n) is 4.70. The summed E-state index contributed by atoms with van der Waals surface area (Å²) in [6.45, 7) is 1.93. The summed E-state index contributed by atoms with van der Waals surface area (Å²) < 4.78 is 0. The van der Waals surface area contributed by atoms with Crippen LogP contribution in [0, 0.1) is 18.3 Å². The number of nitrogens with zero attached hydrogens (tertiary/aromatic N) is 2. The van der Waals surface area contributed by atoms with E-state index in [1.165, 1.54) is 0 Å². The highest BCUT2D eigenvalue weighted by Gasteiger charge is 2.14. The Balaban J connectivity index is 2.44. The number of aryl methyl sites for hydroxylation is 1. The summed E-state index contributed by atoms with van der Waals surface area (Å²) in [5.74, 6) is 0. The molecule has 1 heterocycles. The number of hydrogen-bond donors (Lipinski definition) is 1. The lowest BCUT2D eigenvalue weighted by molar-refractivity contribution is 1.25. The van der Waals surface area contributed by atoms with Gasteiger partial charge >= 0.3 is 0 Å². The van der Waals surface area contributed by atoms with Crippen molar-refractivity contribution >= 4 is 16.6 Å². The van der Waals surface area contributed by atoms with Gasteiger partial charge in [-0.25, -0.2) is 0 Å². The number of nitrogens with two attached hydrogens (primary N) is 1. The molecule has 0 radical (unpaired) electrons. The van der Waals surface area contributed by atoms with Gasteiger partial charge in [0.05, 0.1) is 11.1 Å². The van der Waals surface area contributed by atoms with Crippen molar-refractivity contribution in [2.24, 2.45) is 0 Å². The standard InChI is InChI=1S/C17H13N3/c1-11-17(12-5-3-2-4-6-12)15(10-18)14-9-13(19)7-8-16(14)20-11/h2-9H,19H2,1H3. The van der Waals surface area contributed by atoms with Crippen LogP contribution in [0.3, 0.4) is 0 Å². The van der Waals surface area contributed by atoms with E-state index in [2.05, 4.69) is 11.1 Å². The van der Waals surface area contributed by atoms with Crippen LogP contribution in [0.2, 0.25) is 0 Å². The lowest BCUT2D eigenvalue weighted by atomic mass is 9.95. The molecule has 0 spiro atoms. The number of rotatable bonds is 1. The molecule has 3 aromatic rings. The number of fused-ring (bicyclic) bond motifs is 1. The lowest BCUT2D eigenvalue weighted by Crippen LogP contribution is -1.96. The topological polar surface area (TPSA) is 62.7 Å². The molecule has 1 aromatic heterocycles. The molecule has 3 nitrogen and oxygen atoms in total. The van der Waals surface area contributed by atoms with Crippen LogP contribution in [0.4, 0.5) is 5.69 Å². The van der Waals surface area contributed by atoms with Crippen LogP contribution in [-0.4, -0.2) is 4.98 Å². The number of hydrogen-bond acceptors (Lipinski definition) is 3. The minimum absolute atomic E-state index is 0.631. The molecule has 0 aliphatic heterocycles. The Labute approximate surface area is 117 Å². The van der Waals surface area contributed by atoms with Crippen molar-refractivity contribution in [3.05, 3.63) is 59.8 Å². The third-order valence-electron chi connectivity index (χ3n) is 3.36. The first-order chi connectivity index (χ1) is 9.70. The highest BCUT2D eigenvalue weighted by molar-refractivity contribution is 5.94. The molecular formula is C17H13N3. The largest absolute Gasteiger partial charge is 0.399 e. The highest BCUT2D eigenvalue weighted by Crippen LogP contribution is 2.32. The fourth-order valence-corrected chi connectivity index (χ4v) is 2.48. The van der Waals surface area contributed by atoms with Gasteiger partial charge in [0.25, 0.3) is 0 Å². The number of nitriles is 1. The minimum atomic E-state index is 0.631. The van der Waals surface area contributed by atoms with Gasteiger partial charge < -0.3 is 5.73 Å². The summed E-state index contributed by atoms with van der Waals surface area (Å²) in [7, 11) is 0. The van der Waals surface area contributed by atoms with E-state index in [1.807, 2.05) is 49.4 Å². The van der Waals surface area contributed by atoms with Crippen LogP contribution in [-0.2, 0) is 0 Å². The van der Waals surface area contributed by atoms with E-state index in [9.17, 15) is 5.26 Å². The van der Waals surface area contributed by atoms with Crippen LogP contribution in [0.15, 0.2) is 48.5 Å². The SMILES string of the molecule is Cc1nc2ccc(N)cc2c(C#N)c1-c1ccccc1. The molecule has 0 aliphatic rings. The van der Waals surface area contributed by atoms with Gasteiger partial charge in [0.15, 0.2) is 0 Å². The first-order valence-corrected chi connectivity index (χ1v) is 6.36. The molecule has 0 fully saturated rings. The van der Waals surface area contributed by atoms with Crippen molar-refractivity contribution in [3.8, 4) is 17.2 Å². The quantitative estimate of drug-likeness (QED) is 0.678. The minimum Gasteiger partial charge on any atom is -0.399 e. The van der Waals surface area contributed by atoms with E-state index in [1.54, 1.807) is 6.07 Å². The molecule has 0 unspecified atom stereocenters. The van der Waals surface area contributed by atoms with Gasteiger partial charge in [-0.1, -0.05) is 30.3 Å². The van der Waals surface area contributed by atoms with Crippen molar-refractivity contribution in [3.63, 3.8) is 0 Å². The first kappa shape index (κ1) is 12.2. The fourth-order valence-electron chi connectivity index (χ4n) is 2.48. The van der Waals surface area contributed by atoms with Gasteiger partial charge in [0.1, 0.15) is 6.07 Å². The Morgan fingerprint density at radius 1 is 1.10 bits per heavy atom. The summed E-state index contributed by atoms with van der Waals surface area (Å²) in [5, 5.41) is 10.4. The Morgan fingerprint density at radius 3 is 2.55 bits per heavy atom. The Bertz CT molecular complexity index is 830. The van der Waals surface area contributed by atoms with Gasteiger partial charge in [-0.05, 0) is 30.7 Å². The summed E-state index contributed by atoms with van der Waals surface area (Å²) in [5.41, 5.74) is 10.6. The second-order valence-corrected chi connectivity index (χ2v) is 4.70. The Hall–Kier alpha value is -2.86. The zero-order valence-corrected chi connectivity index (χ0v) is 11.1. The molecule has 0 saturated heterocycles. The van der Waals surface area contributed by atoms with Crippen molar-refractivity contribution in [1.29, 1.82) is 5.26 Å². The zero-order chi connectivity index (χ0) is 14.1. The number of pyridine rings is 1. The van der Waals surface area contributed by atoms with E-state index in [-0.39, 0.29) is 0 Å². The average molecular weight is 259 g/mol. The predicted molar refractivity (Wildman–Crippen MR) is 81.0 cm³/mol. The zero-order valence-electron chi connectivity index (χ0n) is 11.1. The molecule has 0 bridgehead atoms. The molecule has 96 valence electrons. The second kappa shape index (κ2) is 4.67. The fraction of sp³-hybridized carbons (Fsp3) is 0.0588. The van der Waals surface area contributed by atoms with Crippen molar-refractivity contribution in [2.75, 3.05) is 5.73 Å². The van der Waals surface area contributed by atoms with Crippen LogP contribution in [0.1, 0.15) is 11.3 Å². The van der Waals surface area contributed by atoms with Crippen LogP contribution in [0.25, 0.3) is 22.0 Å².